The van der Waals surface area contributed by atoms with Gasteiger partial charge < -0.3 is 85.8 Å². The van der Waals surface area contributed by atoms with Crippen molar-refractivity contribution in [1.29, 1.82) is 5.26 Å². The number of nitriles is 1. The molecular weight excluding hydrogens is 1820 g/mol. The number of nitrogens with zero attached hydrogens (tertiary/aromatic N) is 21. The maximum Gasteiger partial charge on any atom is 0.498 e. The molecule has 13 rings (SSSR count). The van der Waals surface area contributed by atoms with Crippen molar-refractivity contribution in [3.63, 3.8) is 0 Å². The maximum absolute atomic E-state index is 13.0. The SMILES string of the molecule is C.CCCC#N.COc1cc(OC)c(Cl)c(-c2nc(-c3nc(-c4cn(C)nc4C)cnc3N)cn(C)c2=O)c1.COc1cc(OC)cc(B(O)O)c1.Cc1nn(C)cc1-c1cnc(N)c(Br)n1.Cc1nn(C)cc1-c1cnc(N)cn1.Cc1nn(C)cc1B1OC(C)(C)C(C)(C)O1.Cn1cc(Cl)nc(Cl)c1=O.Nc1cnc(Br)cn1.O=C(Cl)C(=O)Cl.[B][B-]. The number of rotatable bonds is 13. The van der Waals surface area contributed by atoms with Crippen molar-refractivity contribution in [1.82, 2.24) is 98.1 Å². The lowest BCUT2D eigenvalue weighted by Crippen LogP contribution is -2.41. The van der Waals surface area contributed by atoms with Crippen molar-refractivity contribution in [3.8, 4) is 85.5 Å². The van der Waals surface area contributed by atoms with Crippen LogP contribution in [0, 0.1) is 39.0 Å². The second kappa shape index (κ2) is 50.0. The molecule has 2 aromatic carbocycles. The highest BCUT2D eigenvalue weighted by molar-refractivity contribution is 9.10. The van der Waals surface area contributed by atoms with Crippen LogP contribution in [0.5, 0.6) is 23.0 Å². The van der Waals surface area contributed by atoms with Gasteiger partial charge in [0.15, 0.2) is 16.8 Å². The maximum atomic E-state index is 13.0. The van der Waals surface area contributed by atoms with Crippen LogP contribution in [0.25, 0.3) is 56.4 Å². The number of anilines is 4. The summed E-state index contributed by atoms with van der Waals surface area (Å²) in [6.45, 7) is 17.9. The topological polar surface area (TPSA) is 502 Å². The van der Waals surface area contributed by atoms with E-state index in [4.69, 9.17) is 101 Å². The molecule has 1 aliphatic heterocycles. The van der Waals surface area contributed by atoms with Gasteiger partial charge in [0.25, 0.3) is 11.1 Å². The van der Waals surface area contributed by atoms with Crippen LogP contribution in [-0.2, 0) is 61.2 Å². The van der Waals surface area contributed by atoms with Crippen LogP contribution in [0.1, 0.15) is 77.7 Å². The largest absolute Gasteiger partial charge is 0.693 e. The lowest BCUT2D eigenvalue weighted by atomic mass is 9.79. The van der Waals surface area contributed by atoms with Gasteiger partial charge in [-0.1, -0.05) is 49.2 Å². The van der Waals surface area contributed by atoms with E-state index in [-0.39, 0.29) is 63.7 Å². The molecule has 10 N–H and O–H groups in total. The number of unbranched alkanes of at least 4 members (excludes halogenated alkanes) is 1. The van der Waals surface area contributed by atoms with Crippen molar-refractivity contribution in [3.05, 3.63) is 173 Å². The zero-order valence-corrected chi connectivity index (χ0v) is 76.8. The van der Waals surface area contributed by atoms with Crippen molar-refractivity contribution < 1.29 is 47.9 Å². The molecule has 1 fully saturated rings. The van der Waals surface area contributed by atoms with E-state index < -0.39 is 17.6 Å². The van der Waals surface area contributed by atoms with Gasteiger partial charge in [-0.25, -0.2) is 44.9 Å². The quantitative estimate of drug-likeness (QED) is 0.0355. The Morgan fingerprint density at radius 2 is 1.00 bits per heavy atom. The predicted octanol–water partition coefficient (Wildman–Crippen LogP) is 9.19. The fraction of sp³-hybridized carbons (Fsp3) is 0.320. The Kier molecular flexibility index (Phi) is 43.2. The number of nitrogen functional groups attached to an aromatic ring is 4. The number of carbonyl (C=O) groups is 2. The van der Waals surface area contributed by atoms with Crippen LogP contribution in [0.3, 0.4) is 0 Å². The van der Waals surface area contributed by atoms with E-state index in [2.05, 4.69) is 168 Å². The van der Waals surface area contributed by atoms with Gasteiger partial charge in [0.1, 0.15) is 66.1 Å². The Bertz CT molecular complexity index is 5570. The van der Waals surface area contributed by atoms with E-state index in [1.54, 1.807) is 88.2 Å². The highest BCUT2D eigenvalue weighted by atomic mass is 79.9. The van der Waals surface area contributed by atoms with Gasteiger partial charge in [0, 0.05) is 126 Å². The zero-order valence-electron chi connectivity index (χ0n) is 69.9. The highest BCUT2D eigenvalue weighted by Gasteiger charge is 2.52. The van der Waals surface area contributed by atoms with Gasteiger partial charge in [-0.2, -0.15) is 25.7 Å². The average Bonchev–Trinajstić information content (AvgIpc) is 1.71. The van der Waals surface area contributed by atoms with Crippen molar-refractivity contribution >= 4 is 164 Å². The van der Waals surface area contributed by atoms with Crippen LogP contribution in [0.4, 0.5) is 23.3 Å². The van der Waals surface area contributed by atoms with Crippen LogP contribution < -0.4 is 63.9 Å². The van der Waals surface area contributed by atoms with E-state index in [1.807, 2.05) is 93.7 Å². The first kappa shape index (κ1) is 106. The summed E-state index contributed by atoms with van der Waals surface area (Å²) in [7, 11) is 22.8. The van der Waals surface area contributed by atoms with E-state index in [9.17, 15) is 19.2 Å². The van der Waals surface area contributed by atoms with Gasteiger partial charge in [-0.05, 0) is 141 Å². The van der Waals surface area contributed by atoms with Crippen molar-refractivity contribution in [2.45, 2.75) is 93.8 Å². The molecule has 10 aromatic heterocycles. The summed E-state index contributed by atoms with van der Waals surface area (Å²) in [5.74, 6) is 3.31. The molecule has 37 nitrogen and oxygen atoms in total. The molecule has 123 heavy (non-hydrogen) atoms. The molecule has 0 amide bonds. The lowest BCUT2D eigenvalue weighted by molar-refractivity contribution is -0.127. The van der Waals surface area contributed by atoms with Crippen molar-refractivity contribution in [2.24, 2.45) is 42.3 Å². The molecular formula is C75H92B4Br2Cl5N25O12-. The van der Waals surface area contributed by atoms with E-state index in [0.717, 1.165) is 62.7 Å². The molecule has 1 aliphatic rings. The number of benzene rings is 2. The minimum Gasteiger partial charge on any atom is -0.693 e. The summed E-state index contributed by atoms with van der Waals surface area (Å²) in [5, 5.41) is 40.8. The summed E-state index contributed by atoms with van der Waals surface area (Å²) < 4.78 is 43.4. The van der Waals surface area contributed by atoms with Gasteiger partial charge in [-0.15, -0.1) is 0 Å². The molecule has 0 atom stereocenters. The van der Waals surface area contributed by atoms with Crippen LogP contribution in [-0.4, -0.2) is 188 Å². The number of methoxy groups -OCH3 is 4. The first-order valence-corrected chi connectivity index (χ1v) is 39.0. The molecule has 0 spiro atoms. The Labute approximate surface area is 755 Å². The van der Waals surface area contributed by atoms with Gasteiger partial charge >= 0.3 is 24.7 Å². The Hall–Kier alpha value is -10.9. The molecule has 12 aromatic rings. The van der Waals surface area contributed by atoms with E-state index in [1.165, 1.54) is 62.1 Å². The molecule has 1 saturated heterocycles. The normalized spacial score (nSPS) is 11.5. The summed E-state index contributed by atoms with van der Waals surface area (Å²) in [6, 6.07) is 10.0. The second-order valence-corrected chi connectivity index (χ2v) is 29.5. The number of hydrogen-bond acceptors (Lipinski definition) is 31. The third kappa shape index (κ3) is 31.7. The summed E-state index contributed by atoms with van der Waals surface area (Å²) in [6.07, 6.45) is 21.7. The third-order valence-electron chi connectivity index (χ3n) is 16.5. The van der Waals surface area contributed by atoms with Gasteiger partial charge in [0.2, 0.25) is 0 Å². The Balaban J connectivity index is 0.000000377. The minimum absolute atomic E-state index is 0. The fourth-order valence-corrected chi connectivity index (χ4v) is 11.2. The number of ether oxygens (including phenoxy) is 4. The molecule has 651 valence electrons. The summed E-state index contributed by atoms with van der Waals surface area (Å²) in [5.41, 5.74) is 32.2. The van der Waals surface area contributed by atoms with Crippen LogP contribution >= 0.6 is 89.9 Å². The highest BCUT2D eigenvalue weighted by Crippen LogP contribution is 2.39. The van der Waals surface area contributed by atoms with Crippen molar-refractivity contribution in [2.75, 3.05) is 51.4 Å². The Morgan fingerprint density at radius 1 is 0.561 bits per heavy atom. The third-order valence-corrected chi connectivity index (χ3v) is 18.8. The van der Waals surface area contributed by atoms with Crippen LogP contribution in [0.2, 0.25) is 15.3 Å². The molecule has 5 radical (unpaired) electrons. The summed E-state index contributed by atoms with van der Waals surface area (Å²) >= 11 is 32.7. The number of nitrogens with two attached hydrogens (primary N) is 4. The first-order valence-electron chi connectivity index (χ1n) is 35.5. The molecule has 0 aliphatic carbocycles. The Morgan fingerprint density at radius 3 is 1.38 bits per heavy atom. The predicted molar refractivity (Wildman–Crippen MR) is 487 cm³/mol. The molecule has 0 unspecified atom stereocenters. The second-order valence-electron chi connectivity index (χ2n) is 26.2. The minimum atomic E-state index is -1.51. The molecule has 11 heterocycles. The fourth-order valence-electron chi connectivity index (χ4n) is 9.93. The first-order chi connectivity index (χ1) is 57.3. The number of halogens is 7. The van der Waals surface area contributed by atoms with E-state index in [0.29, 0.717) is 84.2 Å². The monoisotopic (exact) mass is 1910 g/mol. The summed E-state index contributed by atoms with van der Waals surface area (Å²) in [4.78, 5) is 83.8. The standard InChI is InChI=1S/C22H22ClN7O3.C11H19BN2O2.C9H10BrN5.C9H11N5.C8H11BO4.C5H4Cl2N2O.C4H4BrN3.C4H7N.C2Cl2O2.CH4.B2/c1-11-14(9-30(3)28-11)15-8-25-21(24)20(26-15)16-10-29(2)22(31)19(27-16)13-6-12(32-4)7-17(33-5)18(13)23;1-8-9(7-14(6)13-8)12-15-10(2,3)11(4,5)16-12;1-5-6(4-15(2)14-5)7-3-12-9(11)8(10)13-7;1-6-7(5-14(2)13-6)8-3-12-9(10)4-11-8;1-12-7-3-6(9(10)11)4-8(5-7)13-2;1-9-2-3(6)8-4(7)5(9)10;5-3-1-8-4(6)2-7-3;1-2-3-4-5;3-1(5)2(4)6;;1-2/h6-10H,1-5H3,(H2,24,25);7H,1-6H3;3-4H,1-2H3,(H2,11,12);3-5H,1-2H3,(H2,10,12);3-5,10-11H,1-2H3;2H,1H3;1-2H,(H2,6,8);2-3H2,1H3;;1H4;/q;;;;;;;;;;-1. The number of carbonyl (C=O) groups excluding carboxylic acids is 2. The van der Waals surface area contributed by atoms with Gasteiger partial charge in [0.05, 0.1) is 128 Å². The zero-order chi connectivity index (χ0) is 92.0. The van der Waals surface area contributed by atoms with E-state index >= 15 is 0 Å². The average molecular weight is 1920 g/mol. The number of hydrogen-bond donors (Lipinski definition) is 6. The van der Waals surface area contributed by atoms with Crippen LogP contribution in [0.15, 0.2) is 123 Å². The molecule has 0 bridgehead atoms. The number of aromatic nitrogens is 20. The molecule has 0 saturated carbocycles. The smallest absolute Gasteiger partial charge is 0.498 e. The van der Waals surface area contributed by atoms with Gasteiger partial charge in [-0.3, -0.25) is 42.9 Å². The molecule has 48 heteroatoms. The lowest BCUT2D eigenvalue weighted by Gasteiger charge is -2.32. The number of aryl methyl sites for hydroxylation is 10.